The maximum Gasteiger partial charge on any atom is 0.330 e. The van der Waals surface area contributed by atoms with E-state index in [9.17, 15) is 19.2 Å². The zero-order chi connectivity index (χ0) is 33.6. The highest BCUT2D eigenvalue weighted by molar-refractivity contribution is 5.82. The molecule has 2 aromatic carbocycles. The molecule has 0 amide bonds. The number of hydrogen-bond acceptors (Lipinski definition) is 12. The zero-order valence-corrected chi connectivity index (χ0v) is 25.3. The van der Waals surface area contributed by atoms with Crippen LogP contribution in [-0.2, 0) is 38.1 Å². The van der Waals surface area contributed by atoms with Crippen molar-refractivity contribution in [3.63, 3.8) is 0 Å². The Morgan fingerprint density at radius 3 is 1.00 bits per heavy atom. The third-order valence-electron chi connectivity index (χ3n) is 5.41. The van der Waals surface area contributed by atoms with Gasteiger partial charge in [-0.15, -0.1) is 0 Å². The fourth-order valence-corrected chi connectivity index (χ4v) is 3.32. The first-order chi connectivity index (χ1) is 22.3. The minimum absolute atomic E-state index is 0.00364. The van der Waals surface area contributed by atoms with Crippen molar-refractivity contribution in [3.8, 4) is 23.0 Å². The molecule has 0 spiro atoms. The van der Waals surface area contributed by atoms with E-state index >= 15 is 0 Å². The lowest BCUT2D eigenvalue weighted by Gasteiger charge is -2.14. The molecule has 2 aromatic rings. The minimum atomic E-state index is -0.575. The number of esters is 4. The second kappa shape index (κ2) is 21.0. The van der Waals surface area contributed by atoms with E-state index in [4.69, 9.17) is 37.9 Å². The Balaban J connectivity index is 2.19. The largest absolute Gasteiger partial charge is 0.486 e. The molecular formula is C34H36O12. The number of carbonyl (C=O) groups excluding carboxylic acids is 4. The van der Waals surface area contributed by atoms with Crippen molar-refractivity contribution in [2.45, 2.75) is 0 Å². The Morgan fingerprint density at radius 1 is 0.435 bits per heavy atom. The number of benzene rings is 2. The van der Waals surface area contributed by atoms with E-state index in [0.29, 0.717) is 23.0 Å². The van der Waals surface area contributed by atoms with Crippen LogP contribution in [0.3, 0.4) is 0 Å². The van der Waals surface area contributed by atoms with Crippen LogP contribution in [0.4, 0.5) is 0 Å². The summed E-state index contributed by atoms with van der Waals surface area (Å²) in [5.41, 5.74) is 1.48. The predicted molar refractivity (Wildman–Crippen MR) is 168 cm³/mol. The van der Waals surface area contributed by atoms with E-state index < -0.39 is 23.9 Å². The Hall–Kier alpha value is -5.78. The van der Waals surface area contributed by atoms with Crippen molar-refractivity contribution in [2.75, 3.05) is 52.9 Å². The van der Waals surface area contributed by atoms with Gasteiger partial charge in [0.15, 0.2) is 23.0 Å². The van der Waals surface area contributed by atoms with Gasteiger partial charge in [-0.25, -0.2) is 19.2 Å². The average molecular weight is 637 g/mol. The predicted octanol–water partition coefficient (Wildman–Crippen LogP) is 4.29. The van der Waals surface area contributed by atoms with E-state index in [0.717, 1.165) is 35.4 Å². The van der Waals surface area contributed by atoms with Crippen LogP contribution in [-0.4, -0.2) is 76.7 Å². The summed E-state index contributed by atoms with van der Waals surface area (Å²) in [4.78, 5) is 45.2. The van der Waals surface area contributed by atoms with Crippen molar-refractivity contribution in [1.29, 1.82) is 0 Å². The standard InChI is InChI=1S/C34H36O12/c1-5-31(35)43-19-15-39-27-13-11-25(23-29(27)41-17-21-45-33(37)7-3)9-10-26-12-14-28(40-16-20-44-32(36)6-2)30(24-26)42-18-22-46-34(38)8-4/h5-14,23-24H,1-4,15-22H2/b10-9+. The van der Waals surface area contributed by atoms with E-state index in [-0.39, 0.29) is 52.9 Å². The molecule has 0 saturated carbocycles. The maximum absolute atomic E-state index is 11.3. The molecule has 0 unspecified atom stereocenters. The maximum atomic E-state index is 11.3. The van der Waals surface area contributed by atoms with Gasteiger partial charge in [0, 0.05) is 24.3 Å². The molecule has 12 heteroatoms. The molecule has 2 rings (SSSR count). The van der Waals surface area contributed by atoms with E-state index in [1.54, 1.807) is 36.4 Å². The molecule has 12 nitrogen and oxygen atoms in total. The van der Waals surface area contributed by atoms with Crippen molar-refractivity contribution in [2.24, 2.45) is 0 Å². The molecule has 46 heavy (non-hydrogen) atoms. The lowest BCUT2D eigenvalue weighted by molar-refractivity contribution is -0.139. The van der Waals surface area contributed by atoms with Gasteiger partial charge < -0.3 is 37.9 Å². The first-order valence-corrected chi connectivity index (χ1v) is 13.9. The quantitative estimate of drug-likeness (QED) is 0.0598. The number of hydrogen-bond donors (Lipinski definition) is 0. The molecule has 0 aliphatic heterocycles. The van der Waals surface area contributed by atoms with Gasteiger partial charge in [0.25, 0.3) is 0 Å². The SMILES string of the molecule is C=CC(=O)OCCOc1ccc(/C=C/c2ccc(OCCOC(=O)C=C)c(OCCOC(=O)C=C)c2)cc1OCCOC(=O)C=C. The summed E-state index contributed by atoms with van der Waals surface area (Å²) in [6.45, 7) is 13.6. The van der Waals surface area contributed by atoms with E-state index in [2.05, 4.69) is 26.3 Å². The highest BCUT2D eigenvalue weighted by Gasteiger charge is 2.10. The normalized spacial score (nSPS) is 10.2. The molecule has 0 heterocycles. The Bertz CT molecular complexity index is 1300. The lowest BCUT2D eigenvalue weighted by atomic mass is 10.1. The summed E-state index contributed by atoms with van der Waals surface area (Å²) in [5, 5.41) is 0. The monoisotopic (exact) mass is 636 g/mol. The van der Waals surface area contributed by atoms with Crippen molar-refractivity contribution >= 4 is 36.0 Å². The summed E-state index contributed by atoms with van der Waals surface area (Å²) >= 11 is 0. The first kappa shape index (κ1) is 36.4. The topological polar surface area (TPSA) is 142 Å². The second-order valence-electron chi connectivity index (χ2n) is 8.63. The lowest BCUT2D eigenvalue weighted by Crippen LogP contribution is -2.13. The van der Waals surface area contributed by atoms with Crippen LogP contribution < -0.4 is 18.9 Å². The number of rotatable bonds is 22. The summed E-state index contributed by atoms with van der Waals surface area (Å²) in [6, 6.07) is 10.4. The third kappa shape index (κ3) is 14.1. The van der Waals surface area contributed by atoms with Gasteiger partial charge in [0.1, 0.15) is 52.9 Å². The van der Waals surface area contributed by atoms with Gasteiger partial charge in [-0.3, -0.25) is 0 Å². The molecule has 0 atom stereocenters. The average Bonchev–Trinajstić information content (AvgIpc) is 3.08. The van der Waals surface area contributed by atoms with Crippen LogP contribution in [0.1, 0.15) is 11.1 Å². The minimum Gasteiger partial charge on any atom is -0.486 e. The molecule has 0 aliphatic rings. The molecule has 0 N–H and O–H groups in total. The molecule has 0 saturated heterocycles. The summed E-state index contributed by atoms with van der Waals surface area (Å²) in [7, 11) is 0. The molecule has 244 valence electrons. The van der Waals surface area contributed by atoms with Gasteiger partial charge in [-0.2, -0.15) is 0 Å². The third-order valence-corrected chi connectivity index (χ3v) is 5.41. The van der Waals surface area contributed by atoms with Crippen molar-refractivity contribution in [3.05, 3.63) is 98.1 Å². The number of carbonyl (C=O) groups is 4. The molecule has 0 bridgehead atoms. The fraction of sp³-hybridized carbons (Fsp3) is 0.235. The molecule has 0 aromatic heterocycles. The molecule has 0 fully saturated rings. The summed E-state index contributed by atoms with van der Waals surface area (Å²) in [5.74, 6) is -0.781. The highest BCUT2D eigenvalue weighted by atomic mass is 16.6. The van der Waals surface area contributed by atoms with E-state index in [1.807, 2.05) is 12.2 Å². The van der Waals surface area contributed by atoms with Crippen molar-refractivity contribution < 1.29 is 57.1 Å². The number of ether oxygens (including phenoxy) is 8. The van der Waals surface area contributed by atoms with Gasteiger partial charge in [-0.1, -0.05) is 50.6 Å². The van der Waals surface area contributed by atoms with Crippen LogP contribution in [0.5, 0.6) is 23.0 Å². The smallest absolute Gasteiger partial charge is 0.330 e. The molecule has 0 radical (unpaired) electrons. The van der Waals surface area contributed by atoms with Crippen LogP contribution in [0.2, 0.25) is 0 Å². The van der Waals surface area contributed by atoms with Gasteiger partial charge >= 0.3 is 23.9 Å². The van der Waals surface area contributed by atoms with Gasteiger partial charge in [0.2, 0.25) is 0 Å². The summed E-state index contributed by atoms with van der Waals surface area (Å²) < 4.78 is 42.8. The van der Waals surface area contributed by atoms with Crippen LogP contribution >= 0.6 is 0 Å². The molecular weight excluding hydrogens is 600 g/mol. The van der Waals surface area contributed by atoms with Gasteiger partial charge in [-0.05, 0) is 35.4 Å². The summed E-state index contributed by atoms with van der Waals surface area (Å²) in [6.07, 6.45) is 7.86. The molecule has 0 aliphatic carbocycles. The van der Waals surface area contributed by atoms with E-state index in [1.165, 1.54) is 0 Å². The highest BCUT2D eigenvalue weighted by Crippen LogP contribution is 2.31. The van der Waals surface area contributed by atoms with Crippen molar-refractivity contribution in [1.82, 2.24) is 0 Å². The zero-order valence-electron chi connectivity index (χ0n) is 25.3. The first-order valence-electron chi connectivity index (χ1n) is 13.9. The van der Waals surface area contributed by atoms with Gasteiger partial charge in [0.05, 0.1) is 0 Å². The van der Waals surface area contributed by atoms with Crippen LogP contribution in [0.25, 0.3) is 12.2 Å². The second-order valence-corrected chi connectivity index (χ2v) is 8.63. The fourth-order valence-electron chi connectivity index (χ4n) is 3.32. The Kier molecular flexibility index (Phi) is 16.6. The Morgan fingerprint density at radius 2 is 0.717 bits per heavy atom. The van der Waals surface area contributed by atoms with Crippen LogP contribution in [0, 0.1) is 0 Å². The van der Waals surface area contributed by atoms with Crippen LogP contribution in [0.15, 0.2) is 87.0 Å². The Labute approximate surface area is 267 Å².